The normalized spacial score (nSPS) is 18.9. The van der Waals surface area contributed by atoms with Crippen LogP contribution in [0.4, 0.5) is 5.69 Å². The molecule has 1 unspecified atom stereocenters. The summed E-state index contributed by atoms with van der Waals surface area (Å²) in [5, 5.41) is 3.44. The maximum atomic E-state index is 11.3. The molecule has 5 heteroatoms. The van der Waals surface area contributed by atoms with Crippen LogP contribution in [0.15, 0.2) is 18.3 Å². The summed E-state index contributed by atoms with van der Waals surface area (Å²) >= 11 is 0. The van der Waals surface area contributed by atoms with Crippen LogP contribution in [0.1, 0.15) is 35.2 Å². The van der Waals surface area contributed by atoms with Gasteiger partial charge in [0.2, 0.25) is 0 Å². The van der Waals surface area contributed by atoms with E-state index in [2.05, 4.69) is 10.3 Å². The van der Waals surface area contributed by atoms with E-state index < -0.39 is 0 Å². The van der Waals surface area contributed by atoms with E-state index in [-0.39, 0.29) is 6.04 Å². The van der Waals surface area contributed by atoms with Crippen LogP contribution in [0.25, 0.3) is 5.52 Å². The number of aromatic nitrogens is 2. The van der Waals surface area contributed by atoms with Gasteiger partial charge in [-0.15, -0.1) is 0 Å². The number of hydrogen-bond donors (Lipinski definition) is 1. The van der Waals surface area contributed by atoms with Gasteiger partial charge in [0.15, 0.2) is 6.29 Å². The van der Waals surface area contributed by atoms with Crippen molar-refractivity contribution in [2.24, 2.45) is 0 Å². The number of nitrogens with zero attached hydrogens (tertiary/aromatic N) is 3. The van der Waals surface area contributed by atoms with Crippen molar-refractivity contribution in [3.8, 4) is 0 Å². The third kappa shape index (κ3) is 1.90. The van der Waals surface area contributed by atoms with Crippen molar-refractivity contribution in [1.82, 2.24) is 14.7 Å². The van der Waals surface area contributed by atoms with E-state index in [1.54, 1.807) is 0 Å². The molecule has 100 valence electrons. The highest BCUT2D eigenvalue weighted by molar-refractivity contribution is 5.91. The monoisotopic (exact) mass is 258 g/mol. The Balaban J connectivity index is 2.25. The maximum Gasteiger partial charge on any atom is 0.170 e. The highest BCUT2D eigenvalue weighted by atomic mass is 16.1. The Labute approximate surface area is 112 Å². The molecule has 3 heterocycles. The molecule has 0 saturated carbocycles. The number of carbonyl (C=O) groups excluding carboxylic acids is 1. The van der Waals surface area contributed by atoms with Gasteiger partial charge in [0, 0.05) is 20.3 Å². The Kier molecular flexibility index (Phi) is 2.98. The number of imidazole rings is 1. The topological polar surface area (TPSA) is 49.6 Å². The molecular weight excluding hydrogens is 240 g/mol. The Morgan fingerprint density at radius 3 is 3.00 bits per heavy atom. The van der Waals surface area contributed by atoms with Gasteiger partial charge < -0.3 is 10.2 Å². The molecule has 1 aliphatic rings. The van der Waals surface area contributed by atoms with Gasteiger partial charge in [-0.3, -0.25) is 9.20 Å². The van der Waals surface area contributed by atoms with Gasteiger partial charge in [0.05, 0.1) is 17.2 Å². The zero-order valence-electron chi connectivity index (χ0n) is 11.3. The molecule has 1 fully saturated rings. The smallest absolute Gasteiger partial charge is 0.170 e. The molecule has 1 aliphatic heterocycles. The molecule has 0 aromatic carbocycles. The second-order valence-electron chi connectivity index (χ2n) is 5.13. The predicted molar refractivity (Wildman–Crippen MR) is 74.9 cm³/mol. The lowest BCUT2D eigenvalue weighted by atomic mass is 10.2. The highest BCUT2D eigenvalue weighted by Crippen LogP contribution is 2.29. The first-order valence-electron chi connectivity index (χ1n) is 6.59. The summed E-state index contributed by atoms with van der Waals surface area (Å²) in [4.78, 5) is 17.9. The lowest BCUT2D eigenvalue weighted by molar-refractivity contribution is 0.112. The number of rotatable bonds is 3. The van der Waals surface area contributed by atoms with E-state index >= 15 is 0 Å². The van der Waals surface area contributed by atoms with E-state index in [1.807, 2.05) is 41.7 Å². The largest absolute Gasteiger partial charge is 0.376 e. The molecule has 0 spiro atoms. The third-order valence-electron chi connectivity index (χ3n) is 3.66. The summed E-state index contributed by atoms with van der Waals surface area (Å²) in [5.74, 6) is 0.943. The van der Waals surface area contributed by atoms with Crippen LogP contribution in [-0.2, 0) is 0 Å². The minimum absolute atomic E-state index is 0.249. The Hall–Kier alpha value is -1.88. The average molecular weight is 258 g/mol. The van der Waals surface area contributed by atoms with Crippen LogP contribution < -0.4 is 10.2 Å². The summed E-state index contributed by atoms with van der Waals surface area (Å²) in [5.41, 5.74) is 2.43. The van der Waals surface area contributed by atoms with Crippen molar-refractivity contribution in [3.63, 3.8) is 0 Å². The van der Waals surface area contributed by atoms with Gasteiger partial charge in [-0.25, -0.2) is 4.98 Å². The van der Waals surface area contributed by atoms with Crippen molar-refractivity contribution < 1.29 is 4.79 Å². The summed E-state index contributed by atoms with van der Waals surface area (Å²) in [6, 6.07) is 4.26. The van der Waals surface area contributed by atoms with Crippen molar-refractivity contribution in [2.75, 3.05) is 25.5 Å². The molecule has 2 aromatic heterocycles. The Morgan fingerprint density at radius 2 is 2.37 bits per heavy atom. The van der Waals surface area contributed by atoms with E-state index in [0.717, 1.165) is 42.7 Å². The number of carbonyl (C=O) groups is 1. The predicted octanol–water partition coefficient (Wildman–Crippen LogP) is 1.64. The number of fused-ring (bicyclic) bond motifs is 1. The van der Waals surface area contributed by atoms with Crippen LogP contribution in [-0.4, -0.2) is 36.3 Å². The lowest BCUT2D eigenvalue weighted by Gasteiger charge is -2.15. The number of nitrogens with one attached hydrogen (secondary N) is 1. The zero-order chi connectivity index (χ0) is 13.4. The summed E-state index contributed by atoms with van der Waals surface area (Å²) < 4.78 is 2.04. The number of aldehydes is 1. The number of anilines is 1. The minimum atomic E-state index is 0.249. The summed E-state index contributed by atoms with van der Waals surface area (Å²) in [6.45, 7) is 1.02. The van der Waals surface area contributed by atoms with Crippen molar-refractivity contribution >= 4 is 17.5 Å². The SMILES string of the molecule is CN(C)c1cccn2c(C3CCCN3)nc(C=O)c12. The second kappa shape index (κ2) is 4.66. The molecule has 1 saturated heterocycles. The standard InChI is InChI=1S/C14H18N4O/c1-17(2)12-6-4-8-18-13(12)11(9-19)16-14(18)10-5-3-7-15-10/h4,6,8-10,15H,3,5,7H2,1-2H3. The number of pyridine rings is 1. The molecule has 0 bridgehead atoms. The molecule has 2 aromatic rings. The first-order chi connectivity index (χ1) is 9.22. The third-order valence-corrected chi connectivity index (χ3v) is 3.66. The van der Waals surface area contributed by atoms with Crippen molar-refractivity contribution in [2.45, 2.75) is 18.9 Å². The molecule has 3 rings (SSSR count). The zero-order valence-corrected chi connectivity index (χ0v) is 11.3. The highest BCUT2D eigenvalue weighted by Gasteiger charge is 2.24. The van der Waals surface area contributed by atoms with E-state index in [0.29, 0.717) is 5.69 Å². The Bertz CT molecular complexity index is 611. The fraction of sp³-hybridized carbons (Fsp3) is 0.429. The van der Waals surface area contributed by atoms with Gasteiger partial charge in [0.25, 0.3) is 0 Å². The van der Waals surface area contributed by atoms with Crippen LogP contribution in [0.5, 0.6) is 0 Å². The fourth-order valence-electron chi connectivity index (χ4n) is 2.77. The molecule has 0 aliphatic carbocycles. The molecule has 0 amide bonds. The minimum Gasteiger partial charge on any atom is -0.376 e. The average Bonchev–Trinajstić information content (AvgIpc) is 3.04. The lowest BCUT2D eigenvalue weighted by Crippen LogP contribution is -2.16. The van der Waals surface area contributed by atoms with E-state index in [9.17, 15) is 4.79 Å². The van der Waals surface area contributed by atoms with Crippen LogP contribution in [0, 0.1) is 0 Å². The number of hydrogen-bond acceptors (Lipinski definition) is 4. The first kappa shape index (κ1) is 12.2. The van der Waals surface area contributed by atoms with Gasteiger partial charge in [0.1, 0.15) is 11.5 Å². The van der Waals surface area contributed by atoms with Gasteiger partial charge in [-0.2, -0.15) is 0 Å². The first-order valence-corrected chi connectivity index (χ1v) is 6.59. The fourth-order valence-corrected chi connectivity index (χ4v) is 2.77. The van der Waals surface area contributed by atoms with Crippen LogP contribution in [0.2, 0.25) is 0 Å². The molecule has 1 N–H and O–H groups in total. The van der Waals surface area contributed by atoms with Gasteiger partial charge in [-0.05, 0) is 31.5 Å². The summed E-state index contributed by atoms with van der Waals surface area (Å²) in [7, 11) is 3.95. The van der Waals surface area contributed by atoms with E-state index in [1.165, 1.54) is 0 Å². The molecule has 5 nitrogen and oxygen atoms in total. The van der Waals surface area contributed by atoms with Crippen molar-refractivity contribution in [3.05, 3.63) is 29.8 Å². The Morgan fingerprint density at radius 1 is 1.53 bits per heavy atom. The van der Waals surface area contributed by atoms with E-state index in [4.69, 9.17) is 0 Å². The van der Waals surface area contributed by atoms with Crippen molar-refractivity contribution in [1.29, 1.82) is 0 Å². The van der Waals surface area contributed by atoms with Gasteiger partial charge >= 0.3 is 0 Å². The molecule has 0 radical (unpaired) electrons. The van der Waals surface area contributed by atoms with Crippen LogP contribution in [0.3, 0.4) is 0 Å². The maximum absolute atomic E-state index is 11.3. The second-order valence-corrected chi connectivity index (χ2v) is 5.13. The quantitative estimate of drug-likeness (QED) is 0.850. The molecular formula is C14H18N4O. The molecule has 1 atom stereocenters. The molecule has 19 heavy (non-hydrogen) atoms. The van der Waals surface area contributed by atoms with Crippen LogP contribution >= 0.6 is 0 Å². The van der Waals surface area contributed by atoms with Gasteiger partial charge in [-0.1, -0.05) is 0 Å². The summed E-state index contributed by atoms with van der Waals surface area (Å²) in [6.07, 6.45) is 5.06.